The van der Waals surface area contributed by atoms with Gasteiger partial charge in [-0.3, -0.25) is 4.79 Å². The third-order valence-electron chi connectivity index (χ3n) is 4.20. The molecule has 9 heteroatoms. The summed E-state index contributed by atoms with van der Waals surface area (Å²) in [6.07, 6.45) is 3.02. The molecular weight excluding hydrogens is 385 g/mol. The van der Waals surface area contributed by atoms with E-state index < -0.39 is 23.4 Å². The van der Waals surface area contributed by atoms with Gasteiger partial charge in [0.05, 0.1) is 0 Å². The molecular formula is C20H13F3N4O2. The maximum Gasteiger partial charge on any atom is 0.255 e. The molecule has 1 N–H and O–H groups in total. The van der Waals surface area contributed by atoms with E-state index in [0.29, 0.717) is 5.52 Å². The number of hydrogen-bond donors (Lipinski definition) is 1. The molecule has 4 aromatic rings. The van der Waals surface area contributed by atoms with Gasteiger partial charge in [-0.2, -0.15) is 10.1 Å². The van der Waals surface area contributed by atoms with Crippen molar-refractivity contribution < 1.29 is 22.7 Å². The van der Waals surface area contributed by atoms with E-state index in [1.807, 2.05) is 13.0 Å². The molecule has 0 aliphatic rings. The zero-order valence-electron chi connectivity index (χ0n) is 15.0. The van der Waals surface area contributed by atoms with E-state index in [4.69, 9.17) is 4.74 Å². The molecule has 0 aliphatic carbocycles. The van der Waals surface area contributed by atoms with Crippen LogP contribution in [0.3, 0.4) is 0 Å². The van der Waals surface area contributed by atoms with Gasteiger partial charge in [-0.15, -0.1) is 0 Å². The van der Waals surface area contributed by atoms with E-state index in [9.17, 15) is 18.0 Å². The molecule has 0 radical (unpaired) electrons. The first kappa shape index (κ1) is 18.5. The maximum atomic E-state index is 14.5. The van der Waals surface area contributed by atoms with Crippen molar-refractivity contribution in [1.82, 2.24) is 14.6 Å². The second kappa shape index (κ2) is 7.27. The number of fused-ring (bicyclic) bond motifs is 1. The average Bonchev–Trinajstić information content (AvgIpc) is 3.08. The van der Waals surface area contributed by atoms with E-state index >= 15 is 0 Å². The van der Waals surface area contributed by atoms with Crippen LogP contribution in [0.5, 0.6) is 11.6 Å². The van der Waals surface area contributed by atoms with Crippen LogP contribution in [0.2, 0.25) is 0 Å². The van der Waals surface area contributed by atoms with Crippen molar-refractivity contribution in [3.8, 4) is 11.6 Å². The minimum absolute atomic E-state index is 0.1000. The molecule has 0 aliphatic heterocycles. The van der Waals surface area contributed by atoms with Gasteiger partial charge in [0.2, 0.25) is 5.88 Å². The Hall–Kier alpha value is -3.88. The first-order valence-electron chi connectivity index (χ1n) is 8.45. The van der Waals surface area contributed by atoms with Crippen LogP contribution in [0.4, 0.5) is 18.9 Å². The number of amides is 1. The molecule has 0 bridgehead atoms. The SMILES string of the molecule is Cc1ccn2ncnc(Oc3ccc(NC(=O)c4ccc(F)c(F)c4)cc3F)c12. The Morgan fingerprint density at radius 2 is 1.86 bits per heavy atom. The fourth-order valence-electron chi connectivity index (χ4n) is 2.76. The highest BCUT2D eigenvalue weighted by molar-refractivity contribution is 6.04. The number of hydrogen-bond acceptors (Lipinski definition) is 4. The third kappa shape index (κ3) is 3.62. The first-order chi connectivity index (χ1) is 13.9. The Morgan fingerprint density at radius 3 is 2.62 bits per heavy atom. The van der Waals surface area contributed by atoms with E-state index in [1.165, 1.54) is 18.5 Å². The minimum atomic E-state index is -1.15. The van der Waals surface area contributed by atoms with Crippen LogP contribution >= 0.6 is 0 Å². The van der Waals surface area contributed by atoms with Crippen LogP contribution < -0.4 is 10.1 Å². The molecule has 2 aromatic carbocycles. The van der Waals surface area contributed by atoms with Gasteiger partial charge >= 0.3 is 0 Å². The third-order valence-corrected chi connectivity index (χ3v) is 4.20. The van der Waals surface area contributed by atoms with Crippen molar-refractivity contribution in [1.29, 1.82) is 0 Å². The van der Waals surface area contributed by atoms with Crippen LogP contribution in [0.25, 0.3) is 5.52 Å². The standard InChI is InChI=1S/C20H13F3N4O2/c1-11-6-7-27-18(11)20(24-10-25-27)29-17-5-3-13(9-16(17)23)26-19(28)12-2-4-14(21)15(22)8-12/h2-10H,1H3,(H,26,28). The molecule has 4 rings (SSSR count). The van der Waals surface area contributed by atoms with Crippen LogP contribution in [-0.2, 0) is 0 Å². The predicted molar refractivity (Wildman–Crippen MR) is 98.5 cm³/mol. The molecule has 0 atom stereocenters. The topological polar surface area (TPSA) is 68.5 Å². The summed E-state index contributed by atoms with van der Waals surface area (Å²) < 4.78 is 47.9. The number of aryl methyl sites for hydroxylation is 1. The summed E-state index contributed by atoms with van der Waals surface area (Å²) >= 11 is 0. The number of carbonyl (C=O) groups is 1. The average molecular weight is 398 g/mol. The monoisotopic (exact) mass is 398 g/mol. The fourth-order valence-corrected chi connectivity index (χ4v) is 2.76. The zero-order valence-corrected chi connectivity index (χ0v) is 15.0. The number of halogens is 3. The van der Waals surface area contributed by atoms with Crippen LogP contribution in [0, 0.1) is 24.4 Å². The number of carbonyl (C=O) groups excluding carboxylic acids is 1. The zero-order chi connectivity index (χ0) is 20.5. The molecule has 0 spiro atoms. The number of nitrogens with zero attached hydrogens (tertiary/aromatic N) is 3. The largest absolute Gasteiger partial charge is 0.434 e. The normalized spacial score (nSPS) is 10.9. The van der Waals surface area contributed by atoms with Crippen LogP contribution in [0.1, 0.15) is 15.9 Å². The molecule has 146 valence electrons. The van der Waals surface area contributed by atoms with E-state index in [1.54, 1.807) is 10.7 Å². The van der Waals surface area contributed by atoms with E-state index in [2.05, 4.69) is 15.4 Å². The summed E-state index contributed by atoms with van der Waals surface area (Å²) in [6, 6.07) is 8.35. The summed E-state index contributed by atoms with van der Waals surface area (Å²) in [4.78, 5) is 16.2. The van der Waals surface area contributed by atoms with Gasteiger partial charge in [-0.05, 0) is 48.9 Å². The number of rotatable bonds is 4. The van der Waals surface area contributed by atoms with Gasteiger partial charge in [0.1, 0.15) is 11.8 Å². The Morgan fingerprint density at radius 1 is 1.03 bits per heavy atom. The van der Waals surface area contributed by atoms with Crippen molar-refractivity contribution in [2.45, 2.75) is 6.92 Å². The molecule has 2 heterocycles. The number of aromatic nitrogens is 3. The molecule has 0 unspecified atom stereocenters. The van der Waals surface area contributed by atoms with Gasteiger partial charge in [-0.25, -0.2) is 17.7 Å². The van der Waals surface area contributed by atoms with Crippen LogP contribution in [-0.4, -0.2) is 20.5 Å². The summed E-state index contributed by atoms with van der Waals surface area (Å²) in [5.41, 5.74) is 1.48. The second-order valence-corrected chi connectivity index (χ2v) is 6.19. The lowest BCUT2D eigenvalue weighted by Crippen LogP contribution is -2.12. The highest BCUT2D eigenvalue weighted by atomic mass is 19.2. The molecule has 2 aromatic heterocycles. The maximum absolute atomic E-state index is 14.5. The van der Waals surface area contributed by atoms with Crippen molar-refractivity contribution in [2.75, 3.05) is 5.32 Å². The van der Waals surface area contributed by atoms with Crippen LogP contribution in [0.15, 0.2) is 55.0 Å². The Kier molecular flexibility index (Phi) is 4.63. The number of anilines is 1. The summed E-state index contributed by atoms with van der Waals surface area (Å²) in [5, 5.41) is 6.47. The van der Waals surface area contributed by atoms with E-state index in [-0.39, 0.29) is 22.9 Å². The van der Waals surface area contributed by atoms with Gasteiger partial charge in [0.15, 0.2) is 23.2 Å². The Labute approximate surface area is 162 Å². The summed E-state index contributed by atoms with van der Waals surface area (Å²) in [6.45, 7) is 1.85. The van der Waals surface area contributed by atoms with Gasteiger partial charge in [0.25, 0.3) is 5.91 Å². The predicted octanol–water partition coefficient (Wildman–Crippen LogP) is 4.50. The molecule has 0 fully saturated rings. The highest BCUT2D eigenvalue weighted by Gasteiger charge is 2.14. The Bertz CT molecular complexity index is 1240. The van der Waals surface area contributed by atoms with Crippen molar-refractivity contribution in [2.24, 2.45) is 0 Å². The molecule has 0 saturated heterocycles. The van der Waals surface area contributed by atoms with Gasteiger partial charge < -0.3 is 10.1 Å². The van der Waals surface area contributed by atoms with E-state index in [0.717, 1.165) is 29.8 Å². The minimum Gasteiger partial charge on any atom is -0.434 e. The molecule has 29 heavy (non-hydrogen) atoms. The number of benzene rings is 2. The van der Waals surface area contributed by atoms with Gasteiger partial charge in [-0.1, -0.05) is 0 Å². The van der Waals surface area contributed by atoms with Crippen molar-refractivity contribution in [3.05, 3.63) is 83.6 Å². The molecule has 1 amide bonds. The lowest BCUT2D eigenvalue weighted by Gasteiger charge is -2.10. The summed E-state index contributed by atoms with van der Waals surface area (Å²) in [7, 11) is 0. The lowest BCUT2D eigenvalue weighted by molar-refractivity contribution is 0.102. The smallest absolute Gasteiger partial charge is 0.255 e. The fraction of sp³-hybridized carbons (Fsp3) is 0.0500. The Balaban J connectivity index is 1.55. The summed E-state index contributed by atoms with van der Waals surface area (Å²) in [5.74, 6) is -3.58. The molecule has 6 nitrogen and oxygen atoms in total. The first-order valence-corrected chi connectivity index (χ1v) is 8.45. The number of ether oxygens (including phenoxy) is 1. The van der Waals surface area contributed by atoms with Crippen molar-refractivity contribution >= 4 is 17.1 Å². The highest BCUT2D eigenvalue weighted by Crippen LogP contribution is 2.29. The lowest BCUT2D eigenvalue weighted by atomic mass is 10.2. The quantitative estimate of drug-likeness (QED) is 0.550. The van der Waals surface area contributed by atoms with Crippen molar-refractivity contribution in [3.63, 3.8) is 0 Å². The second-order valence-electron chi connectivity index (χ2n) is 6.19. The van der Waals surface area contributed by atoms with Gasteiger partial charge in [0, 0.05) is 23.5 Å². The molecule has 0 saturated carbocycles. The number of nitrogens with one attached hydrogen (secondary N) is 1.